The minimum atomic E-state index is -4.36. The van der Waals surface area contributed by atoms with E-state index in [1.807, 2.05) is 27.2 Å². The van der Waals surface area contributed by atoms with E-state index in [-0.39, 0.29) is 19.1 Å². The van der Waals surface area contributed by atoms with Crippen LogP contribution in [-0.2, 0) is 18.4 Å². The maximum Gasteiger partial charge on any atom is 0.472 e. The SMILES string of the molecule is CCCCCC/C=C\C/C=C\CCCCCCCCCC(=O)NC(COP(=O)(O)OCC[N+](C)(C)C)C(O)/C=C/CC/C=C/CC/C=C/CCCCCCCCCCCCCCCCCCCC. The second-order valence-electron chi connectivity index (χ2n) is 20.6. The minimum absolute atomic E-state index is 0.0500. The molecule has 1 amide bonds. The van der Waals surface area contributed by atoms with E-state index >= 15 is 0 Å². The van der Waals surface area contributed by atoms with Crippen LogP contribution in [0.4, 0.5) is 0 Å². The number of phosphoric ester groups is 1. The van der Waals surface area contributed by atoms with Crippen LogP contribution in [0.25, 0.3) is 0 Å². The highest BCUT2D eigenvalue weighted by Gasteiger charge is 2.27. The molecule has 0 aliphatic heterocycles. The number of aliphatic hydroxyl groups excluding tert-OH is 1. The topological polar surface area (TPSA) is 105 Å². The number of quaternary nitrogens is 1. The average molecular weight is 977 g/mol. The number of hydrogen-bond acceptors (Lipinski definition) is 5. The van der Waals surface area contributed by atoms with Gasteiger partial charge in [-0.25, -0.2) is 4.57 Å². The number of aliphatic hydroxyl groups is 1. The number of amides is 1. The largest absolute Gasteiger partial charge is 0.472 e. The number of allylic oxidation sites excluding steroid dienone is 9. The van der Waals surface area contributed by atoms with E-state index in [4.69, 9.17) is 9.05 Å². The van der Waals surface area contributed by atoms with Gasteiger partial charge in [0, 0.05) is 6.42 Å². The van der Waals surface area contributed by atoms with Crippen molar-refractivity contribution in [3.63, 3.8) is 0 Å². The molecule has 0 heterocycles. The van der Waals surface area contributed by atoms with Gasteiger partial charge in [-0.2, -0.15) is 0 Å². The predicted molar refractivity (Wildman–Crippen MR) is 295 cm³/mol. The third kappa shape index (κ3) is 52.0. The zero-order valence-corrected chi connectivity index (χ0v) is 46.2. The van der Waals surface area contributed by atoms with Crippen LogP contribution in [-0.4, -0.2) is 73.4 Å². The second kappa shape index (κ2) is 50.2. The predicted octanol–water partition coefficient (Wildman–Crippen LogP) is 17.3. The summed E-state index contributed by atoms with van der Waals surface area (Å²) in [6.45, 7) is 4.78. The van der Waals surface area contributed by atoms with Gasteiger partial charge < -0.3 is 19.8 Å². The number of rotatable bonds is 52. The number of carbonyl (C=O) groups is 1. The first-order chi connectivity index (χ1) is 33.0. The number of unbranched alkanes of at least 4 members (excludes halogenated alkanes) is 31. The molecule has 3 N–H and O–H groups in total. The van der Waals surface area contributed by atoms with Crippen LogP contribution in [0.15, 0.2) is 60.8 Å². The van der Waals surface area contributed by atoms with Crippen molar-refractivity contribution in [2.75, 3.05) is 40.9 Å². The first kappa shape index (κ1) is 66.2. The summed E-state index contributed by atoms with van der Waals surface area (Å²) in [6, 6.07) is -0.877. The molecule has 8 nitrogen and oxygen atoms in total. The monoisotopic (exact) mass is 976 g/mol. The van der Waals surface area contributed by atoms with E-state index in [0.29, 0.717) is 17.4 Å². The van der Waals surface area contributed by atoms with Crippen molar-refractivity contribution in [3.8, 4) is 0 Å². The lowest BCUT2D eigenvalue weighted by Crippen LogP contribution is -2.45. The molecule has 0 saturated heterocycles. The summed E-state index contributed by atoms with van der Waals surface area (Å²) in [5.41, 5.74) is 0. The molecule has 9 heteroatoms. The summed E-state index contributed by atoms with van der Waals surface area (Å²) in [7, 11) is 1.54. The quantitative estimate of drug-likeness (QED) is 0.0243. The van der Waals surface area contributed by atoms with Gasteiger partial charge in [0.05, 0.1) is 39.9 Å². The Labute approximate surface area is 422 Å². The lowest BCUT2D eigenvalue weighted by molar-refractivity contribution is -0.870. The van der Waals surface area contributed by atoms with Crippen LogP contribution >= 0.6 is 7.82 Å². The Bertz CT molecular complexity index is 1290. The molecule has 0 bridgehead atoms. The normalized spacial score (nSPS) is 14.4. The number of likely N-dealkylation sites (N-methyl/N-ethyl adjacent to an activating group) is 1. The van der Waals surface area contributed by atoms with Gasteiger partial charge in [-0.05, 0) is 77.0 Å². The zero-order valence-electron chi connectivity index (χ0n) is 45.3. The Morgan fingerprint density at radius 1 is 0.500 bits per heavy atom. The van der Waals surface area contributed by atoms with Gasteiger partial charge in [0.25, 0.3) is 0 Å². The lowest BCUT2D eigenvalue weighted by Gasteiger charge is -2.25. The van der Waals surface area contributed by atoms with Crippen LogP contribution in [0.1, 0.15) is 258 Å². The first-order valence-electron chi connectivity index (χ1n) is 28.7. The van der Waals surface area contributed by atoms with Crippen LogP contribution in [0.3, 0.4) is 0 Å². The molecule has 0 aromatic heterocycles. The van der Waals surface area contributed by atoms with E-state index in [9.17, 15) is 19.4 Å². The van der Waals surface area contributed by atoms with E-state index in [0.717, 1.165) is 64.2 Å². The molecule has 0 radical (unpaired) electrons. The van der Waals surface area contributed by atoms with Gasteiger partial charge in [-0.3, -0.25) is 13.8 Å². The van der Waals surface area contributed by atoms with Gasteiger partial charge in [-0.1, -0.05) is 235 Å². The summed E-state index contributed by atoms with van der Waals surface area (Å²) in [5, 5.41) is 13.9. The second-order valence-corrected chi connectivity index (χ2v) is 22.1. The molecule has 68 heavy (non-hydrogen) atoms. The summed E-state index contributed by atoms with van der Waals surface area (Å²) >= 11 is 0. The molecule has 0 aromatic carbocycles. The van der Waals surface area contributed by atoms with Crippen LogP contribution in [0.2, 0.25) is 0 Å². The Balaban J connectivity index is 4.29. The van der Waals surface area contributed by atoms with E-state index in [1.54, 1.807) is 6.08 Å². The first-order valence-corrected chi connectivity index (χ1v) is 30.2. The van der Waals surface area contributed by atoms with Crippen molar-refractivity contribution in [2.45, 2.75) is 270 Å². The Hall–Kier alpha value is -1.80. The summed E-state index contributed by atoms with van der Waals surface area (Å²) < 4.78 is 23.7. The number of nitrogens with one attached hydrogen (secondary N) is 1. The highest BCUT2D eigenvalue weighted by molar-refractivity contribution is 7.47. The summed E-state index contributed by atoms with van der Waals surface area (Å²) in [6.07, 6.45) is 67.6. The molecule has 3 unspecified atom stereocenters. The molecule has 398 valence electrons. The van der Waals surface area contributed by atoms with Gasteiger partial charge in [0.2, 0.25) is 5.91 Å². The van der Waals surface area contributed by atoms with Crippen molar-refractivity contribution in [2.24, 2.45) is 0 Å². The standard InChI is InChI=1S/C59H111N2O6P/c1-6-8-10-12-14-16-18-20-22-24-26-27-28-29-30-31-32-33-34-35-36-38-40-42-44-46-48-50-52-58(62)57(56-67-68(64,65)66-55-54-61(3,4)5)60-59(63)53-51-49-47-45-43-41-39-37-25-23-21-19-17-15-13-11-9-7-2/h17,19,23,25,35-36,42,44,50,52,57-58,62H,6-16,18,20-22,24,26-34,37-41,43,45-49,51,53-56H2,1-5H3,(H-,60,63,64,65)/p+1/b19-17-,25-23-,36-35+,44-42+,52-50+. The van der Waals surface area contributed by atoms with Gasteiger partial charge in [0.15, 0.2) is 0 Å². The molecule has 0 aliphatic rings. The number of carbonyl (C=O) groups excluding carboxylic acids is 1. The fraction of sp³-hybridized carbons (Fsp3) is 0.814. The van der Waals surface area contributed by atoms with Crippen molar-refractivity contribution in [1.29, 1.82) is 0 Å². The maximum absolute atomic E-state index is 12.9. The van der Waals surface area contributed by atoms with Crippen molar-refractivity contribution < 1.29 is 32.9 Å². The Morgan fingerprint density at radius 2 is 0.853 bits per heavy atom. The molecule has 0 rings (SSSR count). The molecular weight excluding hydrogens is 864 g/mol. The van der Waals surface area contributed by atoms with E-state index in [2.05, 4.69) is 67.8 Å². The van der Waals surface area contributed by atoms with Crippen LogP contribution in [0.5, 0.6) is 0 Å². The van der Waals surface area contributed by atoms with Gasteiger partial charge >= 0.3 is 7.82 Å². The zero-order chi connectivity index (χ0) is 49.9. The Morgan fingerprint density at radius 3 is 1.28 bits per heavy atom. The Kier molecular flexibility index (Phi) is 48.8. The molecule has 0 aromatic rings. The summed E-state index contributed by atoms with van der Waals surface area (Å²) in [5.74, 6) is -0.199. The smallest absolute Gasteiger partial charge is 0.387 e. The highest BCUT2D eigenvalue weighted by Crippen LogP contribution is 2.43. The third-order valence-corrected chi connectivity index (χ3v) is 13.7. The fourth-order valence-electron chi connectivity index (χ4n) is 8.16. The van der Waals surface area contributed by atoms with Crippen molar-refractivity contribution in [3.05, 3.63) is 60.8 Å². The maximum atomic E-state index is 12.9. The minimum Gasteiger partial charge on any atom is -0.387 e. The molecular formula is C59H112N2O6P+. The van der Waals surface area contributed by atoms with Crippen molar-refractivity contribution >= 4 is 13.7 Å². The van der Waals surface area contributed by atoms with Crippen LogP contribution < -0.4 is 5.32 Å². The van der Waals surface area contributed by atoms with E-state index < -0.39 is 20.0 Å². The number of phosphoric acid groups is 1. The highest BCUT2D eigenvalue weighted by atomic mass is 31.2. The lowest BCUT2D eigenvalue weighted by atomic mass is 10.0. The molecule has 3 atom stereocenters. The number of hydrogen-bond donors (Lipinski definition) is 3. The van der Waals surface area contributed by atoms with Crippen LogP contribution in [0, 0.1) is 0 Å². The molecule has 0 saturated carbocycles. The molecule has 0 spiro atoms. The third-order valence-electron chi connectivity index (χ3n) is 12.7. The fourth-order valence-corrected chi connectivity index (χ4v) is 8.90. The van der Waals surface area contributed by atoms with E-state index in [1.165, 1.54) is 173 Å². The van der Waals surface area contributed by atoms with Gasteiger partial charge in [-0.15, -0.1) is 0 Å². The average Bonchev–Trinajstić information content (AvgIpc) is 3.30. The molecule has 0 fully saturated rings. The van der Waals surface area contributed by atoms with Gasteiger partial charge in [0.1, 0.15) is 13.2 Å². The van der Waals surface area contributed by atoms with Crippen molar-refractivity contribution in [1.82, 2.24) is 5.32 Å². The number of nitrogens with zero attached hydrogens (tertiary/aromatic N) is 1. The summed E-state index contributed by atoms with van der Waals surface area (Å²) in [4.78, 5) is 23.3. The molecule has 0 aliphatic carbocycles.